The van der Waals surface area contributed by atoms with E-state index >= 15 is 0 Å². The lowest BCUT2D eigenvalue weighted by molar-refractivity contribution is 0.364. The molecule has 1 aromatic rings. The van der Waals surface area contributed by atoms with Crippen molar-refractivity contribution in [3.63, 3.8) is 0 Å². The molecule has 0 spiro atoms. The first kappa shape index (κ1) is 10.4. The summed E-state index contributed by atoms with van der Waals surface area (Å²) in [4.78, 5) is 6.43. The number of hydrogen-bond donors (Lipinski definition) is 0. The topological polar surface area (TPSA) is 16.1 Å². The molecule has 1 atom stereocenters. The van der Waals surface area contributed by atoms with Gasteiger partial charge in [-0.15, -0.1) is 0 Å². The number of aromatic nitrogens is 1. The summed E-state index contributed by atoms with van der Waals surface area (Å²) in [6, 6.07) is 4.03. The van der Waals surface area contributed by atoms with E-state index in [2.05, 4.69) is 29.8 Å². The number of pyridine rings is 1. The molecule has 0 bridgehead atoms. The van der Waals surface area contributed by atoms with Crippen molar-refractivity contribution < 1.29 is 4.39 Å². The summed E-state index contributed by atoms with van der Waals surface area (Å²) in [6.07, 6.45) is 1.73. The number of alkyl halides is 1. The average Bonchev–Trinajstić information content (AvgIpc) is 2.65. The van der Waals surface area contributed by atoms with Crippen molar-refractivity contribution in [1.82, 2.24) is 4.98 Å². The maximum absolute atomic E-state index is 13.1. The van der Waals surface area contributed by atoms with Crippen LogP contribution in [0.4, 0.5) is 10.2 Å². The van der Waals surface area contributed by atoms with Crippen molar-refractivity contribution in [2.24, 2.45) is 0 Å². The molecule has 2 rings (SSSR count). The van der Waals surface area contributed by atoms with Gasteiger partial charge in [-0.05, 0) is 24.0 Å². The molecule has 0 aromatic carbocycles. The minimum Gasteiger partial charge on any atom is -0.353 e. The van der Waals surface area contributed by atoms with Crippen LogP contribution in [0.1, 0.15) is 31.7 Å². The minimum absolute atomic E-state index is 0.437. The molecule has 1 aliphatic heterocycles. The number of hydrogen-bond acceptors (Lipinski definition) is 2. The zero-order chi connectivity index (χ0) is 10.8. The average molecular weight is 208 g/mol. The lowest BCUT2D eigenvalue weighted by Gasteiger charge is -2.21. The van der Waals surface area contributed by atoms with Crippen LogP contribution >= 0.6 is 0 Å². The molecular weight excluding hydrogens is 191 g/mol. The first-order valence-electron chi connectivity index (χ1n) is 5.52. The van der Waals surface area contributed by atoms with Crippen LogP contribution in [0, 0.1) is 0 Å². The fourth-order valence-electron chi connectivity index (χ4n) is 2.03. The van der Waals surface area contributed by atoms with Gasteiger partial charge in [0.15, 0.2) is 0 Å². The van der Waals surface area contributed by atoms with Gasteiger partial charge in [0.1, 0.15) is 12.0 Å². The van der Waals surface area contributed by atoms with Gasteiger partial charge < -0.3 is 4.90 Å². The molecule has 0 unspecified atom stereocenters. The van der Waals surface area contributed by atoms with E-state index in [1.807, 2.05) is 6.07 Å². The van der Waals surface area contributed by atoms with Crippen LogP contribution in [-0.4, -0.2) is 24.2 Å². The van der Waals surface area contributed by atoms with Crippen LogP contribution in [0.5, 0.6) is 0 Å². The normalized spacial score (nSPS) is 21.3. The van der Waals surface area contributed by atoms with Gasteiger partial charge in [-0.25, -0.2) is 9.37 Å². The third-order valence-corrected chi connectivity index (χ3v) is 2.87. The van der Waals surface area contributed by atoms with E-state index in [4.69, 9.17) is 0 Å². The van der Waals surface area contributed by atoms with Gasteiger partial charge in [-0.1, -0.05) is 19.9 Å². The van der Waals surface area contributed by atoms with Gasteiger partial charge >= 0.3 is 0 Å². The van der Waals surface area contributed by atoms with Gasteiger partial charge in [0.05, 0.1) is 6.54 Å². The predicted molar refractivity (Wildman–Crippen MR) is 60.1 cm³/mol. The van der Waals surface area contributed by atoms with Crippen molar-refractivity contribution in [3.8, 4) is 0 Å². The Morgan fingerprint density at radius 2 is 2.33 bits per heavy atom. The second kappa shape index (κ2) is 4.17. The molecular formula is C12H17FN2. The molecule has 0 N–H and O–H groups in total. The van der Waals surface area contributed by atoms with E-state index in [9.17, 15) is 4.39 Å². The van der Waals surface area contributed by atoms with Crippen LogP contribution in [0.15, 0.2) is 18.3 Å². The van der Waals surface area contributed by atoms with Gasteiger partial charge in [0, 0.05) is 12.7 Å². The Balaban J connectivity index is 2.27. The van der Waals surface area contributed by atoms with Gasteiger partial charge in [0.25, 0.3) is 0 Å². The molecule has 0 amide bonds. The van der Waals surface area contributed by atoms with Gasteiger partial charge in [0.2, 0.25) is 0 Å². The van der Waals surface area contributed by atoms with E-state index in [1.165, 1.54) is 5.56 Å². The number of halogens is 1. The molecule has 1 saturated heterocycles. The van der Waals surface area contributed by atoms with Crippen LogP contribution in [-0.2, 0) is 0 Å². The summed E-state index contributed by atoms with van der Waals surface area (Å²) < 4.78 is 13.1. The highest BCUT2D eigenvalue weighted by Gasteiger charge is 2.24. The molecule has 2 heterocycles. The summed E-state index contributed by atoms with van der Waals surface area (Å²) in [5.41, 5.74) is 1.21. The standard InChI is InChI=1S/C12H17FN2/c1-9(2)11-4-3-6-14-12(11)15-7-5-10(13)8-15/h3-4,6,9-10H,5,7-8H2,1-2H3/t10-/m1/s1. The Labute approximate surface area is 90.1 Å². The third-order valence-electron chi connectivity index (χ3n) is 2.87. The largest absolute Gasteiger partial charge is 0.353 e. The second-order valence-corrected chi connectivity index (χ2v) is 4.40. The van der Waals surface area contributed by atoms with Crippen molar-refractivity contribution in [3.05, 3.63) is 23.9 Å². The van der Waals surface area contributed by atoms with Crippen molar-refractivity contribution in [1.29, 1.82) is 0 Å². The molecule has 0 aliphatic carbocycles. The summed E-state index contributed by atoms with van der Waals surface area (Å²) in [5.74, 6) is 1.40. The number of nitrogens with zero attached hydrogens (tertiary/aromatic N) is 2. The number of rotatable bonds is 2. The molecule has 1 aliphatic rings. The first-order valence-corrected chi connectivity index (χ1v) is 5.52. The van der Waals surface area contributed by atoms with Crippen LogP contribution in [0.25, 0.3) is 0 Å². The van der Waals surface area contributed by atoms with Crippen LogP contribution in [0.2, 0.25) is 0 Å². The highest BCUT2D eigenvalue weighted by Crippen LogP contribution is 2.28. The Morgan fingerprint density at radius 1 is 1.53 bits per heavy atom. The van der Waals surface area contributed by atoms with Crippen molar-refractivity contribution in [2.75, 3.05) is 18.0 Å². The summed E-state index contributed by atoms with van der Waals surface area (Å²) >= 11 is 0. The maximum Gasteiger partial charge on any atom is 0.132 e. The zero-order valence-electron chi connectivity index (χ0n) is 9.28. The first-order chi connectivity index (χ1) is 7.18. The monoisotopic (exact) mass is 208 g/mol. The van der Waals surface area contributed by atoms with Crippen LogP contribution in [0.3, 0.4) is 0 Å². The smallest absolute Gasteiger partial charge is 0.132 e. The predicted octanol–water partition coefficient (Wildman–Crippen LogP) is 2.75. The SMILES string of the molecule is CC(C)c1cccnc1N1CC[C@@H](F)C1. The van der Waals surface area contributed by atoms with E-state index in [0.29, 0.717) is 18.9 Å². The summed E-state index contributed by atoms with van der Waals surface area (Å²) in [6.45, 7) is 5.57. The van der Waals surface area contributed by atoms with E-state index in [-0.39, 0.29) is 0 Å². The highest BCUT2D eigenvalue weighted by molar-refractivity contribution is 5.49. The lowest BCUT2D eigenvalue weighted by Crippen LogP contribution is -2.22. The maximum atomic E-state index is 13.1. The van der Waals surface area contributed by atoms with E-state index in [1.54, 1.807) is 6.20 Å². The zero-order valence-corrected chi connectivity index (χ0v) is 9.28. The minimum atomic E-state index is -0.688. The molecule has 2 nitrogen and oxygen atoms in total. The van der Waals surface area contributed by atoms with Crippen molar-refractivity contribution in [2.45, 2.75) is 32.4 Å². The molecule has 82 valence electrons. The molecule has 1 fully saturated rings. The summed E-state index contributed by atoms with van der Waals surface area (Å²) in [5, 5.41) is 0. The molecule has 3 heteroatoms. The second-order valence-electron chi connectivity index (χ2n) is 4.40. The Bertz CT molecular complexity index is 338. The van der Waals surface area contributed by atoms with Crippen molar-refractivity contribution >= 4 is 5.82 Å². The number of anilines is 1. The molecule has 0 saturated carbocycles. The Hall–Kier alpha value is -1.12. The molecule has 1 aromatic heterocycles. The Morgan fingerprint density at radius 3 is 2.93 bits per heavy atom. The van der Waals surface area contributed by atoms with E-state index in [0.717, 1.165) is 12.4 Å². The van der Waals surface area contributed by atoms with Gasteiger partial charge in [-0.3, -0.25) is 0 Å². The third kappa shape index (κ3) is 2.11. The fourth-order valence-corrected chi connectivity index (χ4v) is 2.03. The summed E-state index contributed by atoms with van der Waals surface area (Å²) in [7, 11) is 0. The fraction of sp³-hybridized carbons (Fsp3) is 0.583. The molecule has 15 heavy (non-hydrogen) atoms. The molecule has 0 radical (unpaired) electrons. The highest BCUT2D eigenvalue weighted by atomic mass is 19.1. The Kier molecular flexibility index (Phi) is 2.89. The quantitative estimate of drug-likeness (QED) is 0.743. The van der Waals surface area contributed by atoms with E-state index < -0.39 is 6.17 Å². The van der Waals surface area contributed by atoms with Crippen LogP contribution < -0.4 is 4.90 Å². The van der Waals surface area contributed by atoms with Gasteiger partial charge in [-0.2, -0.15) is 0 Å². The lowest BCUT2D eigenvalue weighted by atomic mass is 10.0.